The molecule has 2 N–H and O–H groups in total. The highest BCUT2D eigenvalue weighted by Crippen LogP contribution is 2.23. The number of nitrogens with zero attached hydrogens (tertiary/aromatic N) is 1. The Morgan fingerprint density at radius 2 is 1.88 bits per heavy atom. The van der Waals surface area contributed by atoms with Gasteiger partial charge in [0.25, 0.3) is 0 Å². The van der Waals surface area contributed by atoms with Crippen molar-refractivity contribution in [1.29, 1.82) is 0 Å². The topological polar surface area (TPSA) is 69.6 Å². The van der Waals surface area contributed by atoms with Crippen molar-refractivity contribution in [3.63, 3.8) is 0 Å². The van der Waals surface area contributed by atoms with E-state index in [1.807, 2.05) is 0 Å². The van der Waals surface area contributed by atoms with Crippen LogP contribution >= 0.6 is 0 Å². The third-order valence-corrected chi connectivity index (χ3v) is 3.57. The van der Waals surface area contributed by atoms with Gasteiger partial charge >= 0.3 is 10.2 Å². The monoisotopic (exact) mass is 244 g/mol. The molecule has 90 valence electrons. The first-order valence-electron chi connectivity index (χ1n) is 4.82. The van der Waals surface area contributed by atoms with E-state index in [0.717, 1.165) is 4.31 Å². The molecule has 0 radical (unpaired) electrons. The minimum absolute atomic E-state index is 0.395. The molecule has 1 atom stereocenters. The summed E-state index contributed by atoms with van der Waals surface area (Å²) < 4.78 is 26.7. The Kier molecular flexibility index (Phi) is 3.90. The fraction of sp³-hybridized carbons (Fsp3) is 0.400. The van der Waals surface area contributed by atoms with E-state index < -0.39 is 16.3 Å². The number of anilines is 1. The zero-order valence-corrected chi connectivity index (χ0v) is 10.3. The lowest BCUT2D eigenvalue weighted by Crippen LogP contribution is -2.29. The molecule has 0 aromatic heterocycles. The van der Waals surface area contributed by atoms with Crippen molar-refractivity contribution in [3.8, 4) is 0 Å². The summed E-state index contributed by atoms with van der Waals surface area (Å²) in [6, 6.07) is 6.75. The lowest BCUT2D eigenvalue weighted by molar-refractivity contribution is 0.200. The number of para-hydroxylation sites is 1. The van der Waals surface area contributed by atoms with Crippen LogP contribution in [0.4, 0.5) is 5.69 Å². The van der Waals surface area contributed by atoms with Gasteiger partial charge in [-0.1, -0.05) is 18.2 Å². The van der Waals surface area contributed by atoms with Crippen LogP contribution in [0.2, 0.25) is 0 Å². The van der Waals surface area contributed by atoms with Crippen molar-refractivity contribution < 1.29 is 13.5 Å². The molecule has 0 saturated heterocycles. The van der Waals surface area contributed by atoms with E-state index in [1.54, 1.807) is 31.2 Å². The van der Waals surface area contributed by atoms with Gasteiger partial charge < -0.3 is 5.11 Å². The molecule has 0 bridgehead atoms. The van der Waals surface area contributed by atoms with E-state index in [0.29, 0.717) is 11.3 Å². The Hall–Kier alpha value is -1.11. The predicted molar refractivity (Wildman–Crippen MR) is 63.3 cm³/mol. The van der Waals surface area contributed by atoms with Crippen LogP contribution in [-0.4, -0.2) is 31.9 Å². The molecule has 0 amide bonds. The highest BCUT2D eigenvalue weighted by molar-refractivity contribution is 7.90. The Balaban J connectivity index is 3.07. The summed E-state index contributed by atoms with van der Waals surface area (Å²) in [5.41, 5.74) is 0.944. The van der Waals surface area contributed by atoms with Crippen molar-refractivity contribution in [2.75, 3.05) is 18.8 Å². The predicted octanol–water partition coefficient (Wildman–Crippen LogP) is 0.958. The summed E-state index contributed by atoms with van der Waals surface area (Å²) in [6.07, 6.45) is -0.721. The summed E-state index contributed by atoms with van der Waals surface area (Å²) in [5, 5.41) is 9.49. The largest absolute Gasteiger partial charge is 0.389 e. The Bertz CT molecular complexity index is 455. The summed E-state index contributed by atoms with van der Waals surface area (Å²) in [6.45, 7) is 1.59. The second-order valence-electron chi connectivity index (χ2n) is 3.65. The Labute approximate surface area is 95.9 Å². The summed E-state index contributed by atoms with van der Waals surface area (Å²) in [5.74, 6) is 0. The van der Waals surface area contributed by atoms with E-state index in [1.165, 1.54) is 14.1 Å². The Morgan fingerprint density at radius 1 is 1.31 bits per heavy atom. The minimum atomic E-state index is -3.54. The highest BCUT2D eigenvalue weighted by Gasteiger charge is 2.16. The maximum absolute atomic E-state index is 11.6. The first-order valence-corrected chi connectivity index (χ1v) is 6.26. The lowest BCUT2D eigenvalue weighted by atomic mass is 10.1. The molecule has 6 heteroatoms. The standard InChI is InChI=1S/C10H16N2O3S/c1-8(13)9-6-4-5-7-10(9)11-16(14,15)12(2)3/h4-8,11,13H,1-3H3. The number of aliphatic hydroxyl groups excluding tert-OH is 1. The molecular weight excluding hydrogens is 228 g/mol. The molecule has 0 aliphatic rings. The first kappa shape index (κ1) is 13.0. The molecule has 0 fully saturated rings. The van der Waals surface area contributed by atoms with Gasteiger partial charge in [0, 0.05) is 19.7 Å². The number of aliphatic hydroxyl groups is 1. The number of rotatable bonds is 4. The van der Waals surface area contributed by atoms with E-state index in [9.17, 15) is 13.5 Å². The lowest BCUT2D eigenvalue weighted by Gasteiger charge is -2.17. The Morgan fingerprint density at radius 3 is 2.38 bits per heavy atom. The molecule has 0 saturated carbocycles. The van der Waals surface area contributed by atoms with Gasteiger partial charge in [0.1, 0.15) is 0 Å². The fourth-order valence-electron chi connectivity index (χ4n) is 1.18. The molecule has 5 nitrogen and oxygen atoms in total. The van der Waals surface area contributed by atoms with Crippen molar-refractivity contribution in [2.45, 2.75) is 13.0 Å². The summed E-state index contributed by atoms with van der Waals surface area (Å²) in [7, 11) is -0.659. The SMILES string of the molecule is CC(O)c1ccccc1NS(=O)(=O)N(C)C. The maximum Gasteiger partial charge on any atom is 0.301 e. The third kappa shape index (κ3) is 2.94. The maximum atomic E-state index is 11.6. The van der Waals surface area contributed by atoms with E-state index in [2.05, 4.69) is 4.72 Å². The number of benzene rings is 1. The van der Waals surface area contributed by atoms with E-state index >= 15 is 0 Å². The van der Waals surface area contributed by atoms with Crippen LogP contribution in [0.25, 0.3) is 0 Å². The van der Waals surface area contributed by atoms with Crippen LogP contribution in [0.15, 0.2) is 24.3 Å². The normalized spacial score (nSPS) is 13.8. The molecule has 16 heavy (non-hydrogen) atoms. The van der Waals surface area contributed by atoms with Crippen LogP contribution in [0.1, 0.15) is 18.6 Å². The quantitative estimate of drug-likeness (QED) is 0.828. The molecule has 0 aliphatic heterocycles. The van der Waals surface area contributed by atoms with Crippen molar-refractivity contribution in [2.24, 2.45) is 0 Å². The number of nitrogens with one attached hydrogen (secondary N) is 1. The zero-order valence-electron chi connectivity index (χ0n) is 9.51. The van der Waals surface area contributed by atoms with Crippen LogP contribution in [0, 0.1) is 0 Å². The van der Waals surface area contributed by atoms with Crippen molar-refractivity contribution in [1.82, 2.24) is 4.31 Å². The number of hydrogen-bond acceptors (Lipinski definition) is 3. The van der Waals surface area contributed by atoms with Crippen LogP contribution in [0.5, 0.6) is 0 Å². The molecule has 1 aromatic rings. The average Bonchev–Trinajstić information content (AvgIpc) is 2.17. The smallest absolute Gasteiger partial charge is 0.301 e. The minimum Gasteiger partial charge on any atom is -0.389 e. The summed E-state index contributed by atoms with van der Waals surface area (Å²) >= 11 is 0. The van der Waals surface area contributed by atoms with Crippen LogP contribution in [0.3, 0.4) is 0 Å². The molecular formula is C10H16N2O3S. The van der Waals surface area contributed by atoms with E-state index in [-0.39, 0.29) is 0 Å². The van der Waals surface area contributed by atoms with Gasteiger partial charge in [-0.3, -0.25) is 4.72 Å². The van der Waals surface area contributed by atoms with Gasteiger partial charge in [-0.2, -0.15) is 12.7 Å². The van der Waals surface area contributed by atoms with Gasteiger partial charge in [0.15, 0.2) is 0 Å². The average molecular weight is 244 g/mol. The highest BCUT2D eigenvalue weighted by atomic mass is 32.2. The molecule has 1 aromatic carbocycles. The van der Waals surface area contributed by atoms with E-state index in [4.69, 9.17) is 0 Å². The van der Waals surface area contributed by atoms with Crippen molar-refractivity contribution >= 4 is 15.9 Å². The molecule has 0 aliphatic carbocycles. The van der Waals surface area contributed by atoms with Crippen LogP contribution in [-0.2, 0) is 10.2 Å². The first-order chi connectivity index (χ1) is 7.34. The third-order valence-electron chi connectivity index (χ3n) is 2.13. The van der Waals surface area contributed by atoms with Crippen LogP contribution < -0.4 is 4.72 Å². The van der Waals surface area contributed by atoms with Crippen molar-refractivity contribution in [3.05, 3.63) is 29.8 Å². The van der Waals surface area contributed by atoms with Gasteiger partial charge in [-0.05, 0) is 13.0 Å². The van der Waals surface area contributed by atoms with Gasteiger partial charge in [0.2, 0.25) is 0 Å². The fourth-order valence-corrected chi connectivity index (χ4v) is 1.83. The van der Waals surface area contributed by atoms with Gasteiger partial charge in [-0.15, -0.1) is 0 Å². The molecule has 0 heterocycles. The molecule has 1 unspecified atom stereocenters. The second kappa shape index (κ2) is 4.82. The number of hydrogen-bond donors (Lipinski definition) is 2. The molecule has 0 spiro atoms. The van der Waals surface area contributed by atoms with Gasteiger partial charge in [0.05, 0.1) is 11.8 Å². The second-order valence-corrected chi connectivity index (χ2v) is 5.54. The summed E-state index contributed by atoms with van der Waals surface area (Å²) in [4.78, 5) is 0. The molecule has 1 rings (SSSR count). The van der Waals surface area contributed by atoms with Gasteiger partial charge in [-0.25, -0.2) is 0 Å². The zero-order chi connectivity index (χ0) is 12.3.